The molecule has 3 atom stereocenters. The standard InChI is InChI=1S/C23H27FN2O5S/c1-5-30-22(29)20-19(31-20)18(27)11-15(10-13(2)3)21(28)26(4)23-25-17(12-32-23)14-6-8-16(24)9-7-14/h6-9,12-13,15,19-20H,5,10-11H2,1-4H3/t15-,19-,20+/m1/s1. The van der Waals surface area contributed by atoms with Crippen LogP contribution in [0.15, 0.2) is 29.6 Å². The van der Waals surface area contributed by atoms with E-state index in [9.17, 15) is 18.8 Å². The highest BCUT2D eigenvalue weighted by Gasteiger charge is 2.51. The Morgan fingerprint density at radius 2 is 1.91 bits per heavy atom. The number of amides is 1. The Morgan fingerprint density at radius 3 is 2.53 bits per heavy atom. The Kier molecular flexibility index (Phi) is 7.73. The van der Waals surface area contributed by atoms with E-state index < -0.39 is 24.1 Å². The van der Waals surface area contributed by atoms with E-state index in [-0.39, 0.29) is 36.5 Å². The van der Waals surface area contributed by atoms with Gasteiger partial charge in [0.15, 0.2) is 23.1 Å². The highest BCUT2D eigenvalue weighted by atomic mass is 32.1. The largest absolute Gasteiger partial charge is 0.464 e. The molecule has 2 aromatic rings. The van der Waals surface area contributed by atoms with Gasteiger partial charge in [-0.1, -0.05) is 13.8 Å². The minimum atomic E-state index is -0.868. The van der Waals surface area contributed by atoms with E-state index in [0.717, 1.165) is 5.56 Å². The number of esters is 1. The van der Waals surface area contributed by atoms with Crippen LogP contribution in [0.25, 0.3) is 11.3 Å². The summed E-state index contributed by atoms with van der Waals surface area (Å²) < 4.78 is 23.3. The van der Waals surface area contributed by atoms with E-state index in [1.807, 2.05) is 13.8 Å². The lowest BCUT2D eigenvalue weighted by molar-refractivity contribution is -0.144. The number of anilines is 1. The number of ketones is 1. The molecule has 0 saturated carbocycles. The molecule has 1 amide bonds. The van der Waals surface area contributed by atoms with Crippen LogP contribution in [0.2, 0.25) is 0 Å². The van der Waals surface area contributed by atoms with E-state index in [2.05, 4.69) is 4.98 Å². The number of Topliss-reactive ketones (excluding diaryl/α,β-unsaturated/α-hetero) is 1. The SMILES string of the molecule is CCOC(=O)[C@H]1O[C@@H]1C(=O)C[C@@H](CC(C)C)C(=O)N(C)c1nc(-c2ccc(F)cc2)cs1. The third-order valence-corrected chi connectivity index (χ3v) is 6.05. The number of rotatable bonds is 10. The van der Waals surface area contributed by atoms with Crippen LogP contribution >= 0.6 is 11.3 Å². The third-order valence-electron chi connectivity index (χ3n) is 5.13. The number of hydrogen-bond acceptors (Lipinski definition) is 7. The first kappa shape index (κ1) is 24.0. The van der Waals surface area contributed by atoms with Crippen molar-refractivity contribution in [2.75, 3.05) is 18.6 Å². The highest BCUT2D eigenvalue weighted by Crippen LogP contribution is 2.31. The number of nitrogens with zero attached hydrogens (tertiary/aromatic N) is 2. The molecule has 3 rings (SSSR count). The molecule has 0 unspecified atom stereocenters. The van der Waals surface area contributed by atoms with Crippen LogP contribution in [-0.4, -0.2) is 48.5 Å². The maximum absolute atomic E-state index is 13.2. The number of benzene rings is 1. The van der Waals surface area contributed by atoms with Gasteiger partial charge in [0.1, 0.15) is 5.82 Å². The molecule has 32 heavy (non-hydrogen) atoms. The summed E-state index contributed by atoms with van der Waals surface area (Å²) in [5.41, 5.74) is 1.39. The summed E-state index contributed by atoms with van der Waals surface area (Å²) >= 11 is 1.30. The number of epoxide rings is 1. The molecule has 1 aromatic carbocycles. The van der Waals surface area contributed by atoms with Crippen molar-refractivity contribution in [1.29, 1.82) is 0 Å². The van der Waals surface area contributed by atoms with Crippen molar-refractivity contribution in [3.8, 4) is 11.3 Å². The summed E-state index contributed by atoms with van der Waals surface area (Å²) in [5.74, 6) is -1.75. The topological polar surface area (TPSA) is 89.1 Å². The molecule has 0 radical (unpaired) electrons. The first-order valence-electron chi connectivity index (χ1n) is 10.5. The summed E-state index contributed by atoms with van der Waals surface area (Å²) in [5, 5.41) is 2.29. The van der Waals surface area contributed by atoms with Crippen LogP contribution in [0.3, 0.4) is 0 Å². The zero-order valence-corrected chi connectivity index (χ0v) is 19.4. The molecule has 0 N–H and O–H groups in total. The highest BCUT2D eigenvalue weighted by molar-refractivity contribution is 7.14. The Balaban J connectivity index is 1.68. The van der Waals surface area contributed by atoms with Crippen LogP contribution in [0.4, 0.5) is 9.52 Å². The lowest BCUT2D eigenvalue weighted by atomic mass is 9.90. The van der Waals surface area contributed by atoms with E-state index >= 15 is 0 Å². The summed E-state index contributed by atoms with van der Waals surface area (Å²) in [4.78, 5) is 43.6. The zero-order chi connectivity index (χ0) is 23.4. The zero-order valence-electron chi connectivity index (χ0n) is 18.5. The molecule has 1 saturated heterocycles. The van der Waals surface area contributed by atoms with Crippen LogP contribution in [0, 0.1) is 17.7 Å². The summed E-state index contributed by atoms with van der Waals surface area (Å²) in [6, 6.07) is 5.98. The van der Waals surface area contributed by atoms with Crippen LogP contribution in [-0.2, 0) is 23.9 Å². The molecule has 9 heteroatoms. The molecule has 172 valence electrons. The normalized spacial score (nSPS) is 18.3. The first-order chi connectivity index (χ1) is 15.2. The second-order valence-corrected chi connectivity index (χ2v) is 8.98. The van der Waals surface area contributed by atoms with Gasteiger partial charge < -0.3 is 9.47 Å². The maximum Gasteiger partial charge on any atom is 0.338 e. The van der Waals surface area contributed by atoms with Crippen LogP contribution < -0.4 is 4.90 Å². The average molecular weight is 463 g/mol. The van der Waals surface area contributed by atoms with Crippen molar-refractivity contribution in [3.63, 3.8) is 0 Å². The number of aromatic nitrogens is 1. The van der Waals surface area contributed by atoms with Crippen LogP contribution in [0.5, 0.6) is 0 Å². The van der Waals surface area contributed by atoms with Crippen molar-refractivity contribution in [2.24, 2.45) is 11.8 Å². The van der Waals surface area contributed by atoms with Gasteiger partial charge in [-0.3, -0.25) is 14.5 Å². The number of ether oxygens (including phenoxy) is 2. The van der Waals surface area contributed by atoms with Gasteiger partial charge in [-0.05, 0) is 43.5 Å². The van der Waals surface area contributed by atoms with Crippen molar-refractivity contribution in [1.82, 2.24) is 4.98 Å². The minimum Gasteiger partial charge on any atom is -0.464 e. The molecule has 7 nitrogen and oxygen atoms in total. The fourth-order valence-corrected chi connectivity index (χ4v) is 4.31. The summed E-state index contributed by atoms with van der Waals surface area (Å²) in [6.07, 6.45) is -1.21. The van der Waals surface area contributed by atoms with Gasteiger partial charge in [-0.2, -0.15) is 0 Å². The third kappa shape index (κ3) is 5.77. The smallest absolute Gasteiger partial charge is 0.338 e. The minimum absolute atomic E-state index is 0.0158. The quantitative estimate of drug-likeness (QED) is 0.393. The Labute approximate surface area is 190 Å². The molecule has 1 aromatic heterocycles. The Morgan fingerprint density at radius 1 is 1.22 bits per heavy atom. The molecular formula is C23H27FN2O5S. The number of hydrogen-bond donors (Lipinski definition) is 0. The van der Waals surface area contributed by atoms with Gasteiger partial charge >= 0.3 is 5.97 Å². The second-order valence-electron chi connectivity index (χ2n) is 8.15. The second kappa shape index (κ2) is 10.3. The average Bonchev–Trinajstić information content (AvgIpc) is 3.42. The van der Waals surface area contributed by atoms with E-state index in [4.69, 9.17) is 9.47 Å². The predicted molar refractivity (Wildman–Crippen MR) is 119 cm³/mol. The molecule has 1 aliphatic heterocycles. The van der Waals surface area contributed by atoms with E-state index in [1.54, 1.807) is 31.5 Å². The van der Waals surface area contributed by atoms with Gasteiger partial charge in [-0.15, -0.1) is 11.3 Å². The van der Waals surface area contributed by atoms with E-state index in [0.29, 0.717) is 17.2 Å². The molecule has 0 aliphatic carbocycles. The van der Waals surface area contributed by atoms with Crippen molar-refractivity contribution < 1.29 is 28.2 Å². The first-order valence-corrected chi connectivity index (χ1v) is 11.4. The van der Waals surface area contributed by atoms with Crippen molar-refractivity contribution >= 4 is 34.1 Å². The molecule has 0 bridgehead atoms. The lowest BCUT2D eigenvalue weighted by Crippen LogP contribution is -2.35. The molecule has 1 fully saturated rings. The number of carbonyl (C=O) groups excluding carboxylic acids is 3. The van der Waals surface area contributed by atoms with Gasteiger partial charge in [0, 0.05) is 30.3 Å². The fourth-order valence-electron chi connectivity index (χ4n) is 3.50. The summed E-state index contributed by atoms with van der Waals surface area (Å²) in [6.45, 7) is 5.86. The van der Waals surface area contributed by atoms with Crippen LogP contribution in [0.1, 0.15) is 33.6 Å². The van der Waals surface area contributed by atoms with Gasteiger partial charge in [0.2, 0.25) is 5.91 Å². The Bertz CT molecular complexity index is 975. The lowest BCUT2D eigenvalue weighted by Gasteiger charge is -2.22. The van der Waals surface area contributed by atoms with Crippen molar-refractivity contribution in [2.45, 2.75) is 45.8 Å². The van der Waals surface area contributed by atoms with Gasteiger partial charge in [0.25, 0.3) is 0 Å². The monoisotopic (exact) mass is 462 g/mol. The van der Waals surface area contributed by atoms with Crippen molar-refractivity contribution in [3.05, 3.63) is 35.5 Å². The number of carbonyl (C=O) groups is 3. The predicted octanol–water partition coefficient (Wildman–Crippen LogP) is 3.86. The maximum atomic E-state index is 13.2. The fraction of sp³-hybridized carbons (Fsp3) is 0.478. The summed E-state index contributed by atoms with van der Waals surface area (Å²) in [7, 11) is 1.63. The molecule has 2 heterocycles. The Hall–Kier alpha value is -2.65. The number of halogens is 1. The van der Waals surface area contributed by atoms with E-state index in [1.165, 1.54) is 28.4 Å². The molecular weight excluding hydrogens is 435 g/mol. The van der Waals surface area contributed by atoms with Gasteiger partial charge in [0.05, 0.1) is 12.3 Å². The van der Waals surface area contributed by atoms with Gasteiger partial charge in [-0.25, -0.2) is 14.2 Å². The number of thiazole rings is 1. The molecule has 0 spiro atoms. The molecule has 1 aliphatic rings.